The highest BCUT2D eigenvalue weighted by Gasteiger charge is 2.04. The molecule has 3 aromatic rings. The van der Waals surface area contributed by atoms with Crippen molar-refractivity contribution in [2.75, 3.05) is 0 Å². The van der Waals surface area contributed by atoms with Crippen LogP contribution in [0.2, 0.25) is 5.02 Å². The number of nitrogens with one attached hydrogen (secondary N) is 1. The van der Waals surface area contributed by atoms with Crippen molar-refractivity contribution in [2.24, 2.45) is 5.10 Å². The summed E-state index contributed by atoms with van der Waals surface area (Å²) in [6.07, 6.45) is 1.69. The van der Waals surface area contributed by atoms with Gasteiger partial charge in [-0.05, 0) is 81.7 Å². The zero-order valence-corrected chi connectivity index (χ0v) is 18.2. The summed E-state index contributed by atoms with van der Waals surface area (Å²) in [5.74, 6) is 0.158. The fraction of sp³-hybridized carbons (Fsp3) is 0.0909. The number of hydrazone groups is 1. The van der Waals surface area contributed by atoms with Gasteiger partial charge >= 0.3 is 0 Å². The number of ether oxygens (including phenoxy) is 1. The first kappa shape index (κ1) is 21.3. The molecule has 0 saturated heterocycles. The molecule has 1 N–H and O–H groups in total. The van der Waals surface area contributed by atoms with E-state index in [9.17, 15) is 9.18 Å². The van der Waals surface area contributed by atoms with Crippen LogP contribution in [0.1, 0.15) is 16.7 Å². The zero-order chi connectivity index (χ0) is 20.6. The van der Waals surface area contributed by atoms with Crippen molar-refractivity contribution in [2.45, 2.75) is 13.0 Å². The Bertz CT molecular complexity index is 1010. The lowest BCUT2D eigenvalue weighted by molar-refractivity contribution is -0.120. The summed E-state index contributed by atoms with van der Waals surface area (Å²) in [6.45, 7) is 0.444. The van der Waals surface area contributed by atoms with Crippen molar-refractivity contribution >= 4 is 46.3 Å². The number of carbonyl (C=O) groups excluding carboxylic acids is 1. The summed E-state index contributed by atoms with van der Waals surface area (Å²) in [4.78, 5) is 11.9. The lowest BCUT2D eigenvalue weighted by atomic mass is 10.1. The van der Waals surface area contributed by atoms with Gasteiger partial charge in [-0.15, -0.1) is 0 Å². The van der Waals surface area contributed by atoms with Gasteiger partial charge in [0.15, 0.2) is 0 Å². The maximum Gasteiger partial charge on any atom is 0.244 e. The third kappa shape index (κ3) is 6.83. The second kappa shape index (κ2) is 10.4. The fourth-order valence-corrected chi connectivity index (χ4v) is 3.28. The maximum absolute atomic E-state index is 12.9. The van der Waals surface area contributed by atoms with E-state index in [4.69, 9.17) is 16.3 Å². The second-order valence-corrected chi connectivity index (χ2v) is 7.80. The summed E-state index contributed by atoms with van der Waals surface area (Å²) in [5.41, 5.74) is 5.05. The zero-order valence-electron chi connectivity index (χ0n) is 15.2. The average Bonchev–Trinajstić information content (AvgIpc) is 2.70. The molecule has 0 aliphatic carbocycles. The van der Waals surface area contributed by atoms with Crippen LogP contribution in [-0.2, 0) is 17.8 Å². The first-order chi connectivity index (χ1) is 14.0. The Morgan fingerprint density at radius 3 is 2.45 bits per heavy atom. The van der Waals surface area contributed by atoms with Crippen molar-refractivity contribution in [1.82, 2.24) is 5.43 Å². The third-order valence-corrected chi connectivity index (χ3v) is 5.04. The van der Waals surface area contributed by atoms with Crippen LogP contribution in [0.5, 0.6) is 5.75 Å². The van der Waals surface area contributed by atoms with Crippen molar-refractivity contribution in [3.63, 3.8) is 0 Å². The molecule has 1 amide bonds. The summed E-state index contributed by atoms with van der Waals surface area (Å²) >= 11 is 8.08. The number of halogens is 3. The topological polar surface area (TPSA) is 50.7 Å². The highest BCUT2D eigenvalue weighted by atomic mass is 127. The Hall–Kier alpha value is -2.45. The molecule has 0 aromatic heterocycles. The molecule has 0 radical (unpaired) electrons. The van der Waals surface area contributed by atoms with Crippen molar-refractivity contribution < 1.29 is 13.9 Å². The standard InChI is InChI=1S/C22H17ClFIN2O2/c23-18-6-1-16(2-7-18)14-29-21-10-5-17(11-20(21)25)13-26-27-22(28)12-15-3-8-19(24)9-4-15/h1-11,13H,12,14H2,(H,27,28)/b26-13+. The molecule has 3 aromatic carbocycles. The first-order valence-electron chi connectivity index (χ1n) is 8.73. The van der Waals surface area contributed by atoms with Gasteiger partial charge in [-0.2, -0.15) is 5.10 Å². The molecule has 0 bridgehead atoms. The Morgan fingerprint density at radius 2 is 1.76 bits per heavy atom. The molecule has 0 saturated carbocycles. The van der Waals surface area contributed by atoms with E-state index in [0.29, 0.717) is 11.6 Å². The van der Waals surface area contributed by atoms with Crippen molar-refractivity contribution in [3.8, 4) is 5.75 Å². The molecule has 3 rings (SSSR count). The normalized spacial score (nSPS) is 10.9. The van der Waals surface area contributed by atoms with Crippen LogP contribution in [0.4, 0.5) is 4.39 Å². The predicted octanol–water partition coefficient (Wildman–Crippen LogP) is 5.36. The van der Waals surface area contributed by atoms with E-state index in [0.717, 1.165) is 26.0 Å². The van der Waals surface area contributed by atoms with Gasteiger partial charge < -0.3 is 4.74 Å². The number of rotatable bonds is 7. The second-order valence-electron chi connectivity index (χ2n) is 6.20. The van der Waals surface area contributed by atoms with E-state index in [1.54, 1.807) is 18.3 Å². The molecular formula is C22H17ClFIN2O2. The van der Waals surface area contributed by atoms with Crippen LogP contribution in [0.15, 0.2) is 71.8 Å². The van der Waals surface area contributed by atoms with Gasteiger partial charge in [-0.3, -0.25) is 4.79 Å². The Balaban J connectivity index is 1.51. The number of amides is 1. The lowest BCUT2D eigenvalue weighted by Crippen LogP contribution is -2.19. The van der Waals surface area contributed by atoms with Gasteiger partial charge in [0.2, 0.25) is 5.91 Å². The summed E-state index contributed by atoms with van der Waals surface area (Å²) in [7, 11) is 0. The minimum Gasteiger partial charge on any atom is -0.488 e. The molecule has 0 unspecified atom stereocenters. The molecule has 0 aliphatic heterocycles. The van der Waals surface area contributed by atoms with E-state index < -0.39 is 0 Å². The minimum absolute atomic E-state index is 0.132. The van der Waals surface area contributed by atoms with Crippen LogP contribution in [0.25, 0.3) is 0 Å². The van der Waals surface area contributed by atoms with E-state index in [2.05, 4.69) is 33.1 Å². The fourth-order valence-electron chi connectivity index (χ4n) is 2.46. The van der Waals surface area contributed by atoms with Gasteiger partial charge in [0.05, 0.1) is 16.2 Å². The smallest absolute Gasteiger partial charge is 0.244 e. The molecule has 29 heavy (non-hydrogen) atoms. The van der Waals surface area contributed by atoms with Crippen LogP contribution in [0.3, 0.4) is 0 Å². The third-order valence-electron chi connectivity index (χ3n) is 3.94. The Labute approximate surface area is 186 Å². The Morgan fingerprint density at radius 1 is 1.07 bits per heavy atom. The van der Waals surface area contributed by atoms with Gasteiger partial charge in [0.25, 0.3) is 0 Å². The molecule has 7 heteroatoms. The quantitative estimate of drug-likeness (QED) is 0.258. The minimum atomic E-state index is -0.331. The average molecular weight is 523 g/mol. The molecule has 4 nitrogen and oxygen atoms in total. The van der Waals surface area contributed by atoms with Gasteiger partial charge in [-0.25, -0.2) is 9.82 Å². The molecule has 0 atom stereocenters. The molecule has 0 spiro atoms. The lowest BCUT2D eigenvalue weighted by Gasteiger charge is -2.09. The van der Waals surface area contributed by atoms with Crippen molar-refractivity contribution in [1.29, 1.82) is 0 Å². The van der Waals surface area contributed by atoms with Crippen LogP contribution in [-0.4, -0.2) is 12.1 Å². The number of benzene rings is 3. The van der Waals surface area contributed by atoms with E-state index in [1.807, 2.05) is 42.5 Å². The molecular weight excluding hydrogens is 506 g/mol. The molecule has 0 aliphatic rings. The van der Waals surface area contributed by atoms with Crippen molar-refractivity contribution in [3.05, 3.63) is 97.8 Å². The highest BCUT2D eigenvalue weighted by Crippen LogP contribution is 2.23. The first-order valence-corrected chi connectivity index (χ1v) is 10.2. The summed E-state index contributed by atoms with van der Waals surface area (Å²) in [5, 5.41) is 4.66. The van der Waals surface area contributed by atoms with E-state index in [-0.39, 0.29) is 18.1 Å². The summed E-state index contributed by atoms with van der Waals surface area (Å²) < 4.78 is 19.7. The Kier molecular flexibility index (Phi) is 7.60. The number of hydrogen-bond donors (Lipinski definition) is 1. The predicted molar refractivity (Wildman–Crippen MR) is 121 cm³/mol. The summed E-state index contributed by atoms with van der Waals surface area (Å²) in [6, 6.07) is 18.9. The number of nitrogens with zero attached hydrogens (tertiary/aromatic N) is 1. The van der Waals surface area contributed by atoms with Crippen LogP contribution < -0.4 is 10.2 Å². The van der Waals surface area contributed by atoms with Crippen LogP contribution >= 0.6 is 34.2 Å². The van der Waals surface area contributed by atoms with Crippen LogP contribution in [0, 0.1) is 9.39 Å². The van der Waals surface area contributed by atoms with Gasteiger partial charge in [0, 0.05) is 5.02 Å². The molecule has 148 valence electrons. The van der Waals surface area contributed by atoms with Gasteiger partial charge in [0.1, 0.15) is 18.2 Å². The maximum atomic E-state index is 12.9. The van der Waals surface area contributed by atoms with E-state index in [1.165, 1.54) is 12.1 Å². The number of hydrogen-bond acceptors (Lipinski definition) is 3. The van der Waals surface area contributed by atoms with E-state index >= 15 is 0 Å². The van der Waals surface area contributed by atoms with Gasteiger partial charge in [-0.1, -0.05) is 35.9 Å². The highest BCUT2D eigenvalue weighted by molar-refractivity contribution is 14.1. The molecule has 0 heterocycles. The monoisotopic (exact) mass is 522 g/mol. The molecule has 0 fully saturated rings. The number of carbonyl (C=O) groups is 1. The SMILES string of the molecule is O=C(Cc1ccc(F)cc1)N/N=C/c1ccc(OCc2ccc(Cl)cc2)c(I)c1. The largest absolute Gasteiger partial charge is 0.488 e.